The maximum absolute atomic E-state index is 13.8. The molecule has 0 spiro atoms. The number of aromatic nitrogens is 2. The number of benzene rings is 5. The fourth-order valence-electron chi connectivity index (χ4n) is 9.30. The average Bonchev–Trinajstić information content (AvgIpc) is 3.50. The van der Waals surface area contributed by atoms with Crippen LogP contribution < -0.4 is 21.3 Å². The Morgan fingerprint density at radius 3 is 1.88 bits per heavy atom. The van der Waals surface area contributed by atoms with E-state index in [9.17, 15) is 46.5 Å². The first-order valence-electron chi connectivity index (χ1n) is 25.6. The van der Waals surface area contributed by atoms with E-state index in [1.54, 1.807) is 41.6 Å². The van der Waals surface area contributed by atoms with Crippen LogP contribution in [-0.2, 0) is 39.9 Å². The molecule has 1 aliphatic heterocycles. The summed E-state index contributed by atoms with van der Waals surface area (Å²) in [5, 5.41) is 35.8. The second kappa shape index (κ2) is 29.1. The largest absolute Gasteiger partial charge is 0.490 e. The zero-order valence-corrected chi connectivity index (χ0v) is 43.5. The Morgan fingerprint density at radius 1 is 0.667 bits per heavy atom. The van der Waals surface area contributed by atoms with Gasteiger partial charge in [0.1, 0.15) is 30.7 Å². The number of ether oxygens (including phenoxy) is 3. The first-order valence-corrected chi connectivity index (χ1v) is 25.6. The highest BCUT2D eigenvalue weighted by atomic mass is 19.4. The van der Waals surface area contributed by atoms with Gasteiger partial charge in [0.25, 0.3) is 0 Å². The summed E-state index contributed by atoms with van der Waals surface area (Å²) >= 11 is 0. The molecule has 424 valence electrons. The van der Waals surface area contributed by atoms with E-state index in [0.29, 0.717) is 45.7 Å². The summed E-state index contributed by atoms with van der Waals surface area (Å²) in [6, 6.07) is 44.3. The van der Waals surface area contributed by atoms with Crippen LogP contribution in [0, 0.1) is 17.6 Å². The fraction of sp³-hybridized carbons (Fsp3) is 0.267. The molecule has 3 heterocycles. The molecular formula is C60H59F5N6O10. The number of hydrogen-bond acceptors (Lipinski definition) is 12. The van der Waals surface area contributed by atoms with Crippen molar-refractivity contribution in [2.24, 2.45) is 5.92 Å². The Balaban J connectivity index is 0.00000127. The van der Waals surface area contributed by atoms with Gasteiger partial charge in [-0.1, -0.05) is 97.1 Å². The molecule has 0 bridgehead atoms. The summed E-state index contributed by atoms with van der Waals surface area (Å²) in [6.07, 6.45) is -3.03. The summed E-state index contributed by atoms with van der Waals surface area (Å²) in [6.45, 7) is 0.419. The van der Waals surface area contributed by atoms with Gasteiger partial charge in [0.05, 0.1) is 50.6 Å². The molecule has 6 atom stereocenters. The Kier molecular flexibility index (Phi) is 21.6. The normalized spacial score (nSPS) is 15.5. The van der Waals surface area contributed by atoms with E-state index in [1.807, 2.05) is 97.1 Å². The van der Waals surface area contributed by atoms with Crippen molar-refractivity contribution in [1.29, 1.82) is 0 Å². The molecule has 1 fully saturated rings. The van der Waals surface area contributed by atoms with Gasteiger partial charge in [-0.15, -0.1) is 0 Å². The average molecular weight is 1120 g/mol. The lowest BCUT2D eigenvalue weighted by Gasteiger charge is -2.48. The zero-order valence-electron chi connectivity index (χ0n) is 43.5. The van der Waals surface area contributed by atoms with Crippen molar-refractivity contribution in [2.45, 2.75) is 55.6 Å². The number of carboxylic acid groups (broad SMARTS) is 1. The third kappa shape index (κ3) is 16.8. The number of nitrogens with zero attached hydrogens (tertiary/aromatic N) is 3. The van der Waals surface area contributed by atoms with Gasteiger partial charge in [-0.05, 0) is 101 Å². The highest BCUT2D eigenvalue weighted by Gasteiger charge is 2.48. The number of nitrogen functional groups attached to an aromatic ring is 1. The van der Waals surface area contributed by atoms with Gasteiger partial charge in [-0.25, -0.2) is 18.6 Å². The number of nitrogens with two attached hydrogens (primary N) is 1. The van der Waals surface area contributed by atoms with Gasteiger partial charge in [0, 0.05) is 53.4 Å². The van der Waals surface area contributed by atoms with E-state index in [4.69, 9.17) is 29.8 Å². The maximum Gasteiger partial charge on any atom is 0.490 e. The van der Waals surface area contributed by atoms with Crippen molar-refractivity contribution in [3.8, 4) is 0 Å². The van der Waals surface area contributed by atoms with Crippen LogP contribution in [0.5, 0.6) is 0 Å². The number of hydrogen-bond donors (Lipinski definition) is 6. The minimum atomic E-state index is -5.08. The number of β-lactam (4-membered cyclic amide) rings is 1. The number of carboxylic acids is 1. The first kappa shape index (κ1) is 60.2. The van der Waals surface area contributed by atoms with Gasteiger partial charge < -0.3 is 50.8 Å². The molecule has 7 N–H and O–H groups in total. The number of halogens is 5. The van der Waals surface area contributed by atoms with Crippen LogP contribution in [0.1, 0.15) is 82.0 Å². The number of amides is 3. The monoisotopic (exact) mass is 1120 g/mol. The maximum atomic E-state index is 13.8. The summed E-state index contributed by atoms with van der Waals surface area (Å²) in [4.78, 5) is 59.0. The number of aliphatic carboxylic acids is 1. The van der Waals surface area contributed by atoms with Gasteiger partial charge in [-0.2, -0.15) is 13.2 Å². The van der Waals surface area contributed by atoms with Crippen molar-refractivity contribution < 1.29 is 70.7 Å². The van der Waals surface area contributed by atoms with Gasteiger partial charge >= 0.3 is 12.1 Å². The molecule has 1 aliphatic rings. The molecule has 0 saturated carbocycles. The van der Waals surface area contributed by atoms with E-state index in [-0.39, 0.29) is 76.3 Å². The van der Waals surface area contributed by atoms with E-state index in [2.05, 4.69) is 20.6 Å². The third-order valence-corrected chi connectivity index (χ3v) is 13.2. The van der Waals surface area contributed by atoms with E-state index < -0.39 is 59.6 Å². The number of nitrogens with one attached hydrogen (secondary N) is 2. The van der Waals surface area contributed by atoms with Crippen LogP contribution >= 0.6 is 0 Å². The highest BCUT2D eigenvalue weighted by molar-refractivity contribution is 6.03. The van der Waals surface area contributed by atoms with E-state index in [0.717, 1.165) is 11.1 Å². The Morgan fingerprint density at radius 2 is 1.25 bits per heavy atom. The standard InChI is InChI=1S/C58H58F2N6O8.C2HF3O2/c59-42-21-19-39(20-22-42)50(67)28-27-47-55(66(58(47)71)44-25-23-43(60)24-26-44)40-17-15-38(16-18-40)35-64-51(68)36-73-33-31-72-32-34-74-37-52(69)65-48-13-5-4-11-45(48)53(46-12-8-30-63-57(46)61)54(49-14-6-7-29-62-49)56(70)41-9-2-1-3-10-41;3-2(4,5)1(6)7/h1-26,29-30,47,50,53-56,67,70H,27-28,31-37H2,(H2,61,63)(H,64,68)(H,65,69);(H,6,7). The first-order chi connectivity index (χ1) is 39.0. The number of carbonyl (C=O) groups excluding carboxylic acids is 3. The van der Waals surface area contributed by atoms with Crippen LogP contribution in [0.2, 0.25) is 0 Å². The Labute approximate surface area is 463 Å². The smallest absolute Gasteiger partial charge is 0.475 e. The minimum absolute atomic E-state index is 0.122. The van der Waals surface area contributed by atoms with Crippen molar-refractivity contribution in [2.75, 3.05) is 55.6 Å². The molecule has 0 aliphatic carbocycles. The number of anilines is 3. The SMILES string of the molecule is Nc1ncccc1C(c1ccccc1NC(=O)COCCOCCOCC(=O)NCc1ccc(C2C(CCC(O)c3ccc(F)cc3)C(=O)N2c2ccc(F)cc2)cc1)C(c1ccccn1)C(O)c1ccccc1.O=C(O)C(F)(F)F. The summed E-state index contributed by atoms with van der Waals surface area (Å²) < 4.78 is 75.7. The summed E-state index contributed by atoms with van der Waals surface area (Å²) in [7, 11) is 0. The quantitative estimate of drug-likeness (QED) is 0.0178. The lowest BCUT2D eigenvalue weighted by molar-refractivity contribution is -0.192. The molecule has 1 saturated heterocycles. The molecule has 8 rings (SSSR count). The van der Waals surface area contributed by atoms with Crippen molar-refractivity contribution >= 4 is 40.9 Å². The van der Waals surface area contributed by atoms with Crippen LogP contribution in [0.15, 0.2) is 170 Å². The zero-order chi connectivity index (χ0) is 57.9. The van der Waals surface area contributed by atoms with Crippen molar-refractivity contribution in [1.82, 2.24) is 15.3 Å². The number of aliphatic hydroxyl groups is 2. The molecule has 2 aromatic heterocycles. The number of carbonyl (C=O) groups is 4. The molecule has 21 heteroatoms. The molecule has 16 nitrogen and oxygen atoms in total. The number of aliphatic hydroxyl groups excluding tert-OH is 2. The predicted octanol–water partition coefficient (Wildman–Crippen LogP) is 9.14. The number of alkyl halides is 3. The summed E-state index contributed by atoms with van der Waals surface area (Å²) in [5.41, 5.74) is 12.5. The molecule has 3 amide bonds. The highest BCUT2D eigenvalue weighted by Crippen LogP contribution is 2.49. The van der Waals surface area contributed by atoms with Gasteiger partial charge in [0.2, 0.25) is 17.7 Å². The van der Waals surface area contributed by atoms with Crippen LogP contribution in [0.25, 0.3) is 0 Å². The Bertz CT molecular complexity index is 3150. The topological polar surface area (TPSA) is 236 Å². The number of rotatable bonds is 25. The lowest BCUT2D eigenvalue weighted by Crippen LogP contribution is -2.55. The molecule has 81 heavy (non-hydrogen) atoms. The van der Waals surface area contributed by atoms with Gasteiger partial charge in [0.15, 0.2) is 0 Å². The molecule has 7 aromatic rings. The molecular weight excluding hydrogens is 1060 g/mol. The predicted molar refractivity (Wildman–Crippen MR) is 289 cm³/mol. The summed E-state index contributed by atoms with van der Waals surface area (Å²) in [5.74, 6) is -5.84. The van der Waals surface area contributed by atoms with Crippen LogP contribution in [0.4, 0.5) is 39.1 Å². The minimum Gasteiger partial charge on any atom is -0.475 e. The van der Waals surface area contributed by atoms with Crippen LogP contribution in [0.3, 0.4) is 0 Å². The Hall–Kier alpha value is -8.47. The lowest BCUT2D eigenvalue weighted by atomic mass is 9.74. The molecule has 0 radical (unpaired) electrons. The molecule has 5 aromatic carbocycles. The third-order valence-electron chi connectivity index (χ3n) is 13.2. The second-order valence-electron chi connectivity index (χ2n) is 18.6. The number of pyridine rings is 2. The van der Waals surface area contributed by atoms with Gasteiger partial charge in [-0.3, -0.25) is 19.4 Å². The number of para-hydroxylation sites is 1. The van der Waals surface area contributed by atoms with Crippen LogP contribution in [-0.4, -0.2) is 94.8 Å². The van der Waals surface area contributed by atoms with Crippen molar-refractivity contribution in [3.05, 3.63) is 221 Å². The fourth-order valence-corrected chi connectivity index (χ4v) is 9.30. The second-order valence-corrected chi connectivity index (χ2v) is 18.6. The molecule has 6 unspecified atom stereocenters. The van der Waals surface area contributed by atoms with Crippen molar-refractivity contribution in [3.63, 3.8) is 0 Å². The van der Waals surface area contributed by atoms with E-state index >= 15 is 0 Å². The van der Waals surface area contributed by atoms with E-state index in [1.165, 1.54) is 36.4 Å².